The van der Waals surface area contributed by atoms with Crippen LogP contribution in [-0.4, -0.2) is 36.6 Å². The van der Waals surface area contributed by atoms with Gasteiger partial charge in [-0.3, -0.25) is 0 Å². The second-order valence-electron chi connectivity index (χ2n) is 14.2. The molecule has 0 unspecified atom stereocenters. The minimum atomic E-state index is -1.73. The molecule has 0 spiro atoms. The van der Waals surface area contributed by atoms with Crippen molar-refractivity contribution < 1.29 is 29.5 Å². The molecule has 0 bridgehead atoms. The van der Waals surface area contributed by atoms with Gasteiger partial charge < -0.3 is 29.5 Å². The average Bonchev–Trinajstić information content (AvgIpc) is 3.78. The molecule has 10 rings (SSSR count). The Balaban J connectivity index is 1.47. The predicted molar refractivity (Wildman–Crippen MR) is 208 cm³/mol. The molecule has 0 saturated carbocycles. The van der Waals surface area contributed by atoms with Gasteiger partial charge in [-0.05, 0) is 86.5 Å². The highest BCUT2D eigenvalue weighted by atomic mass is 16.5. The SMILES string of the molecule is COc1cccc([C@]2(O)c3ccccc3-c3c2c2c(c4c3[C@](O)(c3cccc(OC)c3)c3ccccc3-4)[C@](O)(c3cccc(OC)c3)c3ccccc3-2)c1. The Morgan fingerprint density at radius 2 is 0.630 bits per heavy atom. The zero-order valence-corrected chi connectivity index (χ0v) is 29.9. The summed E-state index contributed by atoms with van der Waals surface area (Å²) < 4.78 is 17.1. The standard InChI is InChI=1S/C48H36O6/c1-52-31-16-10-13-28(25-31)46(49)37-22-7-4-19-34(37)40-43(46)41-35-20-5-8-23-38(35)47(50,29-14-11-17-32(26-29)53-2)45(41)42-36-21-6-9-24-39(36)48(51,44(40)42)30-15-12-18-33(27-30)54-3/h4-27,49-51H,1-3H3/t46-,47-,48-/m0/s1. The first-order valence-electron chi connectivity index (χ1n) is 18.0. The van der Waals surface area contributed by atoms with E-state index in [-0.39, 0.29) is 0 Å². The van der Waals surface area contributed by atoms with Crippen molar-refractivity contribution in [1.82, 2.24) is 0 Å². The van der Waals surface area contributed by atoms with Crippen molar-refractivity contribution in [2.75, 3.05) is 21.3 Å². The van der Waals surface area contributed by atoms with Crippen LogP contribution in [0.1, 0.15) is 50.1 Å². The normalized spacial score (nSPS) is 21.0. The van der Waals surface area contributed by atoms with Crippen molar-refractivity contribution >= 4 is 0 Å². The predicted octanol–water partition coefficient (Wildman–Crippen LogP) is 8.51. The molecule has 54 heavy (non-hydrogen) atoms. The van der Waals surface area contributed by atoms with Crippen LogP contribution in [0.2, 0.25) is 0 Å². The lowest BCUT2D eigenvalue weighted by Gasteiger charge is -2.34. The second-order valence-corrected chi connectivity index (χ2v) is 14.2. The second kappa shape index (κ2) is 11.4. The number of aliphatic hydroxyl groups is 3. The molecule has 0 amide bonds. The molecule has 7 aromatic rings. The van der Waals surface area contributed by atoms with Gasteiger partial charge in [0.25, 0.3) is 0 Å². The van der Waals surface area contributed by atoms with Gasteiger partial charge in [0, 0.05) is 33.4 Å². The molecule has 0 aromatic heterocycles. The van der Waals surface area contributed by atoms with Gasteiger partial charge in [-0.2, -0.15) is 0 Å². The van der Waals surface area contributed by atoms with Gasteiger partial charge in [0.15, 0.2) is 0 Å². The third-order valence-corrected chi connectivity index (χ3v) is 11.8. The quantitative estimate of drug-likeness (QED) is 0.161. The summed E-state index contributed by atoms with van der Waals surface area (Å²) in [6.45, 7) is 0. The van der Waals surface area contributed by atoms with Crippen molar-refractivity contribution in [3.8, 4) is 50.6 Å². The molecule has 0 aliphatic heterocycles. The number of methoxy groups -OCH3 is 3. The first-order chi connectivity index (χ1) is 26.3. The van der Waals surface area contributed by atoms with Gasteiger partial charge >= 0.3 is 0 Å². The van der Waals surface area contributed by atoms with E-state index in [1.807, 2.05) is 146 Å². The Morgan fingerprint density at radius 1 is 0.352 bits per heavy atom. The largest absolute Gasteiger partial charge is 0.497 e. The molecule has 6 nitrogen and oxygen atoms in total. The first kappa shape index (κ1) is 32.5. The smallest absolute Gasteiger partial charge is 0.142 e. The summed E-state index contributed by atoms with van der Waals surface area (Å²) in [7, 11) is 4.83. The molecular formula is C48H36O6. The summed E-state index contributed by atoms with van der Waals surface area (Å²) in [5.74, 6) is 1.79. The zero-order chi connectivity index (χ0) is 37.0. The maximum atomic E-state index is 13.8. The number of ether oxygens (including phenoxy) is 3. The zero-order valence-electron chi connectivity index (χ0n) is 29.9. The van der Waals surface area contributed by atoms with E-state index in [9.17, 15) is 15.3 Å². The molecule has 0 saturated heterocycles. The van der Waals surface area contributed by atoms with Gasteiger partial charge in [0.1, 0.15) is 34.1 Å². The topological polar surface area (TPSA) is 88.4 Å². The van der Waals surface area contributed by atoms with E-state index >= 15 is 0 Å². The molecular weight excluding hydrogens is 673 g/mol. The fourth-order valence-electron chi connectivity index (χ4n) is 9.54. The van der Waals surface area contributed by atoms with Crippen LogP contribution >= 0.6 is 0 Å². The van der Waals surface area contributed by atoms with Gasteiger partial charge in [-0.25, -0.2) is 0 Å². The minimum absolute atomic E-state index is 0.589. The van der Waals surface area contributed by atoms with Crippen molar-refractivity contribution in [1.29, 1.82) is 0 Å². The van der Waals surface area contributed by atoms with Gasteiger partial charge in [0.2, 0.25) is 0 Å². The summed E-state index contributed by atoms with van der Waals surface area (Å²) in [6.07, 6.45) is 0. The van der Waals surface area contributed by atoms with Crippen LogP contribution in [-0.2, 0) is 16.8 Å². The van der Waals surface area contributed by atoms with E-state index in [4.69, 9.17) is 14.2 Å². The highest BCUT2D eigenvalue weighted by molar-refractivity contribution is 6.05. The lowest BCUT2D eigenvalue weighted by Crippen LogP contribution is -2.31. The van der Waals surface area contributed by atoms with Crippen LogP contribution < -0.4 is 14.2 Å². The lowest BCUT2D eigenvalue weighted by atomic mass is 9.73. The van der Waals surface area contributed by atoms with E-state index in [1.165, 1.54) is 0 Å². The Hall–Kier alpha value is -6.18. The summed E-state index contributed by atoms with van der Waals surface area (Å²) in [6, 6.07) is 46.1. The summed E-state index contributed by atoms with van der Waals surface area (Å²) >= 11 is 0. The van der Waals surface area contributed by atoms with Gasteiger partial charge in [-0.15, -0.1) is 0 Å². The first-order valence-corrected chi connectivity index (χ1v) is 18.0. The van der Waals surface area contributed by atoms with Crippen molar-refractivity contribution in [3.05, 3.63) is 196 Å². The van der Waals surface area contributed by atoms with Crippen LogP contribution in [0, 0.1) is 0 Å². The molecule has 6 heteroatoms. The van der Waals surface area contributed by atoms with E-state index in [2.05, 4.69) is 0 Å². The van der Waals surface area contributed by atoms with Crippen LogP contribution in [0.3, 0.4) is 0 Å². The monoisotopic (exact) mass is 708 g/mol. The number of fused-ring (bicyclic) bond motifs is 12. The maximum Gasteiger partial charge on any atom is 0.142 e. The lowest BCUT2D eigenvalue weighted by molar-refractivity contribution is 0.122. The molecule has 3 aliphatic rings. The molecule has 3 atom stereocenters. The molecule has 0 heterocycles. The summed E-state index contributed by atoms with van der Waals surface area (Å²) in [4.78, 5) is 0. The third kappa shape index (κ3) is 3.94. The number of hydrogen-bond donors (Lipinski definition) is 3. The van der Waals surface area contributed by atoms with Crippen LogP contribution in [0.15, 0.2) is 146 Å². The van der Waals surface area contributed by atoms with Crippen LogP contribution in [0.25, 0.3) is 33.4 Å². The molecule has 3 aliphatic carbocycles. The fraction of sp³-hybridized carbons (Fsp3) is 0.125. The molecule has 0 fully saturated rings. The number of benzene rings is 7. The molecule has 3 N–H and O–H groups in total. The van der Waals surface area contributed by atoms with E-state index in [0.717, 1.165) is 33.4 Å². The summed E-state index contributed by atoms with van der Waals surface area (Å²) in [5.41, 5.74) is 4.93. The van der Waals surface area contributed by atoms with Crippen LogP contribution in [0.5, 0.6) is 17.2 Å². The van der Waals surface area contributed by atoms with Gasteiger partial charge in [0.05, 0.1) is 21.3 Å². The van der Waals surface area contributed by atoms with E-state index < -0.39 is 16.8 Å². The number of rotatable bonds is 6. The molecule has 0 radical (unpaired) electrons. The molecule has 7 aromatic carbocycles. The highest BCUT2D eigenvalue weighted by Gasteiger charge is 2.59. The number of hydrogen-bond acceptors (Lipinski definition) is 6. The highest BCUT2D eigenvalue weighted by Crippen LogP contribution is 2.69. The van der Waals surface area contributed by atoms with Crippen molar-refractivity contribution in [3.63, 3.8) is 0 Å². The van der Waals surface area contributed by atoms with E-state index in [1.54, 1.807) is 21.3 Å². The fourth-order valence-corrected chi connectivity index (χ4v) is 9.54. The summed E-state index contributed by atoms with van der Waals surface area (Å²) in [5, 5.41) is 41.4. The Bertz CT molecular complexity index is 2380. The molecule has 264 valence electrons. The minimum Gasteiger partial charge on any atom is -0.497 e. The Morgan fingerprint density at radius 3 is 0.907 bits per heavy atom. The van der Waals surface area contributed by atoms with Gasteiger partial charge in [-0.1, -0.05) is 109 Å². The van der Waals surface area contributed by atoms with E-state index in [0.29, 0.717) is 67.3 Å². The third-order valence-electron chi connectivity index (χ3n) is 11.8. The van der Waals surface area contributed by atoms with Crippen LogP contribution in [0.4, 0.5) is 0 Å². The van der Waals surface area contributed by atoms with Crippen molar-refractivity contribution in [2.45, 2.75) is 16.8 Å². The average molecular weight is 709 g/mol. The van der Waals surface area contributed by atoms with Crippen molar-refractivity contribution in [2.24, 2.45) is 0 Å². The Kier molecular flexibility index (Phi) is 6.86. The Labute approximate surface area is 313 Å². The maximum absolute atomic E-state index is 13.8.